The van der Waals surface area contributed by atoms with Gasteiger partial charge in [0.1, 0.15) is 9.39 Å². The van der Waals surface area contributed by atoms with E-state index in [1.54, 1.807) is 0 Å². The molecule has 3 fully saturated rings. The molecule has 1 atom stereocenters. The Bertz CT molecular complexity index is 467. The van der Waals surface area contributed by atoms with Crippen LogP contribution in [0, 0.1) is 9.49 Å². The second-order valence-corrected chi connectivity index (χ2v) is 5.86. The molecule has 0 saturated carbocycles. The molecule has 0 radical (unpaired) electrons. The first-order chi connectivity index (χ1) is 8.24. The predicted octanol–water partition coefficient (Wildman–Crippen LogP) is 0.881. The molecule has 4 heterocycles. The van der Waals surface area contributed by atoms with Crippen LogP contribution in [0.4, 0.5) is 5.82 Å². The number of fused-ring (bicyclic) bond motifs is 3. The maximum absolute atomic E-state index is 11.5. The average molecular weight is 346 g/mol. The van der Waals surface area contributed by atoms with Gasteiger partial charge in [0.2, 0.25) is 0 Å². The lowest BCUT2D eigenvalue weighted by molar-refractivity contribution is 0.0973. The van der Waals surface area contributed by atoms with Crippen LogP contribution in [0.2, 0.25) is 0 Å². The Balaban J connectivity index is 1.79. The summed E-state index contributed by atoms with van der Waals surface area (Å²) < 4.78 is 0.654. The van der Waals surface area contributed by atoms with E-state index in [-0.39, 0.29) is 5.56 Å². The van der Waals surface area contributed by atoms with Gasteiger partial charge in [-0.2, -0.15) is 0 Å². The molecule has 2 N–H and O–H groups in total. The number of nitrogens with one attached hydrogen (secondary N) is 2. The summed E-state index contributed by atoms with van der Waals surface area (Å²) in [5.41, 5.74) is -0.0654. The number of hydrogen-bond acceptors (Lipinski definition) is 4. The van der Waals surface area contributed by atoms with E-state index in [1.807, 2.05) is 22.6 Å². The highest BCUT2D eigenvalue weighted by atomic mass is 127. The van der Waals surface area contributed by atoms with Crippen LogP contribution in [-0.2, 0) is 0 Å². The number of halogens is 1. The van der Waals surface area contributed by atoms with Crippen LogP contribution in [0.15, 0.2) is 11.1 Å². The molecule has 92 valence electrons. The zero-order valence-corrected chi connectivity index (χ0v) is 11.6. The molecule has 17 heavy (non-hydrogen) atoms. The lowest BCUT2D eigenvalue weighted by Gasteiger charge is -2.45. The fourth-order valence-corrected chi connectivity index (χ4v) is 3.24. The third kappa shape index (κ3) is 2.20. The largest absolute Gasteiger partial charge is 0.365 e. The number of H-pyrrole nitrogens is 1. The molecule has 5 nitrogen and oxygen atoms in total. The minimum Gasteiger partial charge on any atom is -0.365 e. The van der Waals surface area contributed by atoms with E-state index < -0.39 is 0 Å². The number of rotatable bonds is 2. The fraction of sp³-hybridized carbons (Fsp3) is 0.636. The van der Waals surface area contributed by atoms with Gasteiger partial charge in [0, 0.05) is 12.6 Å². The number of aromatic nitrogens is 2. The van der Waals surface area contributed by atoms with Gasteiger partial charge in [-0.1, -0.05) is 0 Å². The van der Waals surface area contributed by atoms with Crippen molar-refractivity contribution in [2.24, 2.45) is 5.92 Å². The summed E-state index contributed by atoms with van der Waals surface area (Å²) in [6.07, 6.45) is 3.99. The van der Waals surface area contributed by atoms with Gasteiger partial charge in [-0.25, -0.2) is 4.98 Å². The van der Waals surface area contributed by atoms with Gasteiger partial charge in [0.25, 0.3) is 5.56 Å². The minimum atomic E-state index is -0.0654. The molecule has 0 aliphatic carbocycles. The third-order valence-electron chi connectivity index (χ3n) is 3.77. The molecule has 1 aromatic heterocycles. The van der Waals surface area contributed by atoms with Crippen LogP contribution in [0.5, 0.6) is 0 Å². The van der Waals surface area contributed by atoms with E-state index in [2.05, 4.69) is 20.2 Å². The van der Waals surface area contributed by atoms with Crippen molar-refractivity contribution >= 4 is 28.4 Å². The first-order valence-electron chi connectivity index (χ1n) is 5.96. The lowest BCUT2D eigenvalue weighted by Crippen LogP contribution is -2.53. The van der Waals surface area contributed by atoms with E-state index >= 15 is 0 Å². The first-order valence-corrected chi connectivity index (χ1v) is 7.04. The van der Waals surface area contributed by atoms with Gasteiger partial charge >= 0.3 is 0 Å². The highest BCUT2D eigenvalue weighted by Gasteiger charge is 2.34. The summed E-state index contributed by atoms with van der Waals surface area (Å²) in [5.74, 6) is 1.46. The van der Waals surface area contributed by atoms with E-state index in [0.717, 1.165) is 18.3 Å². The Hall–Kier alpha value is -0.630. The van der Waals surface area contributed by atoms with Gasteiger partial charge in [-0.3, -0.25) is 4.79 Å². The molecule has 3 saturated heterocycles. The first kappa shape index (κ1) is 11.5. The zero-order valence-electron chi connectivity index (χ0n) is 9.45. The summed E-state index contributed by atoms with van der Waals surface area (Å²) in [4.78, 5) is 20.8. The Morgan fingerprint density at radius 3 is 2.88 bits per heavy atom. The Morgan fingerprint density at radius 2 is 2.24 bits per heavy atom. The van der Waals surface area contributed by atoms with E-state index in [1.165, 1.54) is 32.3 Å². The van der Waals surface area contributed by atoms with Gasteiger partial charge in [0.05, 0.1) is 6.33 Å². The Morgan fingerprint density at radius 1 is 1.47 bits per heavy atom. The molecule has 6 heteroatoms. The second-order valence-electron chi connectivity index (χ2n) is 4.78. The molecule has 0 amide bonds. The molecule has 0 spiro atoms. The molecule has 1 aromatic rings. The standard InChI is InChI=1S/C11H15IN4O/c12-9-10(13-6-14-11(9)17)15-8-5-16-3-1-7(8)2-4-16/h6-8H,1-5H2,(H2,13,14,15,17). The summed E-state index contributed by atoms with van der Waals surface area (Å²) in [7, 11) is 0. The van der Waals surface area contributed by atoms with Gasteiger partial charge in [0.15, 0.2) is 0 Å². The number of anilines is 1. The molecule has 3 aliphatic rings. The lowest BCUT2D eigenvalue weighted by atomic mass is 9.84. The van der Waals surface area contributed by atoms with Crippen molar-refractivity contribution < 1.29 is 0 Å². The number of hydrogen-bond donors (Lipinski definition) is 2. The molecule has 2 bridgehead atoms. The van der Waals surface area contributed by atoms with Crippen LogP contribution >= 0.6 is 22.6 Å². The van der Waals surface area contributed by atoms with Crippen LogP contribution in [0.3, 0.4) is 0 Å². The minimum absolute atomic E-state index is 0.0654. The Labute approximate surface area is 113 Å². The zero-order chi connectivity index (χ0) is 11.8. The van der Waals surface area contributed by atoms with Crippen molar-refractivity contribution in [2.45, 2.75) is 18.9 Å². The summed E-state index contributed by atoms with van der Waals surface area (Å²) >= 11 is 2.05. The van der Waals surface area contributed by atoms with Crippen molar-refractivity contribution in [2.75, 3.05) is 25.0 Å². The Kier molecular flexibility index (Phi) is 3.08. The molecule has 1 unspecified atom stereocenters. The second kappa shape index (κ2) is 4.56. The number of nitrogens with zero attached hydrogens (tertiary/aromatic N) is 2. The molecular formula is C11H15IN4O. The number of piperidine rings is 3. The van der Waals surface area contributed by atoms with Crippen LogP contribution in [0.25, 0.3) is 0 Å². The maximum atomic E-state index is 11.5. The van der Waals surface area contributed by atoms with E-state index in [0.29, 0.717) is 9.61 Å². The predicted molar refractivity (Wildman–Crippen MR) is 74.1 cm³/mol. The molecule has 3 aliphatic heterocycles. The van der Waals surface area contributed by atoms with Crippen LogP contribution in [0.1, 0.15) is 12.8 Å². The van der Waals surface area contributed by atoms with E-state index in [9.17, 15) is 4.79 Å². The summed E-state index contributed by atoms with van der Waals surface area (Å²) in [5, 5.41) is 3.44. The molecular weight excluding hydrogens is 331 g/mol. The van der Waals surface area contributed by atoms with Crippen LogP contribution < -0.4 is 10.9 Å². The summed E-state index contributed by atoms with van der Waals surface area (Å²) in [6.45, 7) is 3.53. The molecule has 4 rings (SSSR count). The van der Waals surface area contributed by atoms with Crippen molar-refractivity contribution in [3.8, 4) is 0 Å². The average Bonchev–Trinajstić information content (AvgIpc) is 2.36. The van der Waals surface area contributed by atoms with Crippen molar-refractivity contribution in [1.29, 1.82) is 0 Å². The molecule has 0 aromatic carbocycles. The van der Waals surface area contributed by atoms with E-state index in [4.69, 9.17) is 0 Å². The maximum Gasteiger partial charge on any atom is 0.266 e. The summed E-state index contributed by atoms with van der Waals surface area (Å²) in [6, 6.07) is 0.445. The smallest absolute Gasteiger partial charge is 0.266 e. The SMILES string of the molecule is O=c1[nH]cnc(NC2CN3CCC2CC3)c1I. The van der Waals surface area contributed by atoms with Crippen LogP contribution in [-0.4, -0.2) is 40.5 Å². The number of aromatic amines is 1. The highest BCUT2D eigenvalue weighted by Crippen LogP contribution is 2.29. The topological polar surface area (TPSA) is 61.0 Å². The van der Waals surface area contributed by atoms with Gasteiger partial charge < -0.3 is 15.2 Å². The van der Waals surface area contributed by atoms with Crippen molar-refractivity contribution in [3.05, 3.63) is 20.3 Å². The van der Waals surface area contributed by atoms with Gasteiger partial charge in [-0.05, 0) is 54.4 Å². The highest BCUT2D eigenvalue weighted by molar-refractivity contribution is 14.1. The fourth-order valence-electron chi connectivity index (χ4n) is 2.79. The monoisotopic (exact) mass is 346 g/mol. The normalized spacial score (nSPS) is 31.5. The van der Waals surface area contributed by atoms with Crippen molar-refractivity contribution in [1.82, 2.24) is 14.9 Å². The van der Waals surface area contributed by atoms with Gasteiger partial charge in [-0.15, -0.1) is 0 Å². The third-order valence-corrected chi connectivity index (χ3v) is 4.78. The quantitative estimate of drug-likeness (QED) is 0.781. The van der Waals surface area contributed by atoms with Crippen molar-refractivity contribution in [3.63, 3.8) is 0 Å².